The van der Waals surface area contributed by atoms with Crippen molar-refractivity contribution in [3.05, 3.63) is 83.4 Å². The quantitative estimate of drug-likeness (QED) is 0.625. The number of carbonyl (C=O) groups is 3. The molecule has 0 aromatic heterocycles. The first-order valence-corrected chi connectivity index (χ1v) is 7.55. The maximum atomic E-state index is 12.1. The molecule has 0 saturated carbocycles. The van der Waals surface area contributed by atoms with E-state index in [2.05, 4.69) is 5.32 Å². The number of nitrogens with one attached hydrogen (secondary N) is 1. The number of carbonyl (C=O) groups excluding carboxylic acids is 2. The number of anilines is 1. The molecule has 0 aliphatic carbocycles. The van der Waals surface area contributed by atoms with Crippen LogP contribution in [0.5, 0.6) is 0 Å². The second-order valence-electron chi connectivity index (χ2n) is 5.35. The van der Waals surface area contributed by atoms with Crippen LogP contribution in [0.4, 0.5) is 5.69 Å². The topological polar surface area (TPSA) is 83.5 Å². The standard InChI is InChI=1S/C20H17NO4/c1-14-2-4-15(5-3-14)6-11-18(22)16-7-9-17(10-8-16)21-19(23)12-13-20(24)25/h2-13H,1H3,(H,21,23)(H,24,25)/b11-6+,13-12-. The van der Waals surface area contributed by atoms with Crippen molar-refractivity contribution >= 4 is 29.4 Å². The largest absolute Gasteiger partial charge is 0.478 e. The van der Waals surface area contributed by atoms with Crippen molar-refractivity contribution in [2.45, 2.75) is 6.92 Å². The number of carboxylic acid groups (broad SMARTS) is 1. The van der Waals surface area contributed by atoms with Gasteiger partial charge in [-0.2, -0.15) is 0 Å². The summed E-state index contributed by atoms with van der Waals surface area (Å²) in [5.41, 5.74) is 3.05. The predicted molar refractivity (Wildman–Crippen MR) is 96.4 cm³/mol. The molecule has 0 atom stereocenters. The molecule has 0 spiro atoms. The number of ketones is 1. The number of benzene rings is 2. The fourth-order valence-corrected chi connectivity index (χ4v) is 1.99. The maximum Gasteiger partial charge on any atom is 0.328 e. The number of rotatable bonds is 6. The Morgan fingerprint density at radius 2 is 1.52 bits per heavy atom. The highest BCUT2D eigenvalue weighted by Gasteiger charge is 2.03. The van der Waals surface area contributed by atoms with Gasteiger partial charge in [0.25, 0.3) is 0 Å². The van der Waals surface area contributed by atoms with Gasteiger partial charge >= 0.3 is 5.97 Å². The lowest BCUT2D eigenvalue weighted by Gasteiger charge is -2.03. The second kappa shape index (κ2) is 8.40. The van der Waals surface area contributed by atoms with Gasteiger partial charge in [0.05, 0.1) is 0 Å². The van der Waals surface area contributed by atoms with Crippen LogP contribution in [0.25, 0.3) is 6.08 Å². The Kier molecular flexibility index (Phi) is 6.01. The van der Waals surface area contributed by atoms with E-state index < -0.39 is 11.9 Å². The van der Waals surface area contributed by atoms with Crippen LogP contribution in [0.2, 0.25) is 0 Å². The van der Waals surface area contributed by atoms with E-state index in [4.69, 9.17) is 5.11 Å². The van der Waals surface area contributed by atoms with Crippen molar-refractivity contribution in [1.29, 1.82) is 0 Å². The molecule has 2 N–H and O–H groups in total. The van der Waals surface area contributed by atoms with Crippen molar-refractivity contribution in [3.8, 4) is 0 Å². The Morgan fingerprint density at radius 1 is 0.880 bits per heavy atom. The monoisotopic (exact) mass is 335 g/mol. The Balaban J connectivity index is 1.99. The fraction of sp³-hybridized carbons (Fsp3) is 0.0500. The van der Waals surface area contributed by atoms with E-state index in [-0.39, 0.29) is 5.78 Å². The van der Waals surface area contributed by atoms with Gasteiger partial charge in [-0.05, 0) is 42.8 Å². The van der Waals surface area contributed by atoms with Crippen molar-refractivity contribution in [3.63, 3.8) is 0 Å². The Labute approximate surface area is 145 Å². The molecule has 2 aromatic carbocycles. The van der Waals surface area contributed by atoms with Crippen LogP contribution in [-0.4, -0.2) is 22.8 Å². The van der Waals surface area contributed by atoms with Gasteiger partial charge in [-0.25, -0.2) is 4.79 Å². The summed E-state index contributed by atoms with van der Waals surface area (Å²) >= 11 is 0. The van der Waals surface area contributed by atoms with Crippen LogP contribution < -0.4 is 5.32 Å². The minimum Gasteiger partial charge on any atom is -0.478 e. The van der Waals surface area contributed by atoms with Gasteiger partial charge in [0.1, 0.15) is 0 Å². The van der Waals surface area contributed by atoms with Crippen LogP contribution in [0.15, 0.2) is 66.8 Å². The van der Waals surface area contributed by atoms with Crippen LogP contribution >= 0.6 is 0 Å². The number of hydrogen-bond donors (Lipinski definition) is 2. The third kappa shape index (κ3) is 5.91. The highest BCUT2D eigenvalue weighted by molar-refractivity contribution is 6.07. The molecule has 2 rings (SSSR count). The molecule has 0 radical (unpaired) electrons. The zero-order valence-corrected chi connectivity index (χ0v) is 13.6. The summed E-state index contributed by atoms with van der Waals surface area (Å²) in [6, 6.07) is 14.2. The summed E-state index contributed by atoms with van der Waals surface area (Å²) in [5.74, 6) is -1.90. The first-order chi connectivity index (χ1) is 11.9. The molecule has 2 aromatic rings. The molecule has 0 saturated heterocycles. The number of carboxylic acids is 1. The number of amides is 1. The molecule has 25 heavy (non-hydrogen) atoms. The summed E-state index contributed by atoms with van der Waals surface area (Å²) in [7, 11) is 0. The van der Waals surface area contributed by atoms with Crippen molar-refractivity contribution in [2.24, 2.45) is 0 Å². The number of hydrogen-bond acceptors (Lipinski definition) is 3. The van der Waals surface area contributed by atoms with Gasteiger partial charge in [-0.15, -0.1) is 0 Å². The molecule has 126 valence electrons. The van der Waals surface area contributed by atoms with E-state index in [9.17, 15) is 14.4 Å². The lowest BCUT2D eigenvalue weighted by atomic mass is 10.1. The van der Waals surface area contributed by atoms with E-state index in [1.807, 2.05) is 31.2 Å². The van der Waals surface area contributed by atoms with Gasteiger partial charge in [0, 0.05) is 23.4 Å². The predicted octanol–water partition coefficient (Wildman–Crippen LogP) is 3.47. The summed E-state index contributed by atoms with van der Waals surface area (Å²) in [6.07, 6.45) is 4.91. The van der Waals surface area contributed by atoms with E-state index in [1.165, 1.54) is 6.08 Å². The van der Waals surface area contributed by atoms with E-state index in [1.54, 1.807) is 30.3 Å². The molecule has 0 heterocycles. The van der Waals surface area contributed by atoms with Gasteiger partial charge in [0.2, 0.25) is 5.91 Å². The summed E-state index contributed by atoms with van der Waals surface area (Å²) in [4.78, 5) is 34.0. The average Bonchev–Trinajstić information content (AvgIpc) is 2.60. The molecule has 5 nitrogen and oxygen atoms in total. The van der Waals surface area contributed by atoms with Crippen LogP contribution in [0.3, 0.4) is 0 Å². The summed E-state index contributed by atoms with van der Waals surface area (Å²) in [5, 5.41) is 11.0. The van der Waals surface area contributed by atoms with E-state index in [0.29, 0.717) is 11.3 Å². The molecule has 0 aliphatic heterocycles. The van der Waals surface area contributed by atoms with Gasteiger partial charge in [-0.3, -0.25) is 9.59 Å². The molecule has 0 aliphatic rings. The molecule has 5 heteroatoms. The third-order valence-corrected chi connectivity index (χ3v) is 3.32. The lowest BCUT2D eigenvalue weighted by Crippen LogP contribution is -2.08. The first kappa shape index (κ1) is 17.9. The van der Waals surface area contributed by atoms with E-state index in [0.717, 1.165) is 23.3 Å². The fourth-order valence-electron chi connectivity index (χ4n) is 1.99. The summed E-state index contributed by atoms with van der Waals surface area (Å²) in [6.45, 7) is 2.00. The normalized spacial score (nSPS) is 10.9. The molecular formula is C20H17NO4. The zero-order valence-electron chi connectivity index (χ0n) is 13.6. The number of allylic oxidation sites excluding steroid dienone is 1. The molecule has 0 bridgehead atoms. The highest BCUT2D eigenvalue weighted by Crippen LogP contribution is 2.12. The van der Waals surface area contributed by atoms with Crippen molar-refractivity contribution in [1.82, 2.24) is 0 Å². The Hall–Kier alpha value is -3.47. The molecular weight excluding hydrogens is 318 g/mol. The van der Waals surface area contributed by atoms with Crippen LogP contribution in [-0.2, 0) is 9.59 Å². The average molecular weight is 335 g/mol. The second-order valence-corrected chi connectivity index (χ2v) is 5.35. The van der Waals surface area contributed by atoms with Crippen LogP contribution in [0, 0.1) is 6.92 Å². The maximum absolute atomic E-state index is 12.1. The smallest absolute Gasteiger partial charge is 0.328 e. The van der Waals surface area contributed by atoms with Crippen LogP contribution in [0.1, 0.15) is 21.5 Å². The zero-order chi connectivity index (χ0) is 18.2. The Morgan fingerprint density at radius 3 is 2.12 bits per heavy atom. The highest BCUT2D eigenvalue weighted by atomic mass is 16.4. The number of aryl methyl sites for hydroxylation is 1. The summed E-state index contributed by atoms with van der Waals surface area (Å²) < 4.78 is 0. The lowest BCUT2D eigenvalue weighted by molar-refractivity contribution is -0.131. The minimum absolute atomic E-state index is 0.149. The van der Waals surface area contributed by atoms with Gasteiger partial charge in [0.15, 0.2) is 5.78 Å². The molecule has 0 unspecified atom stereocenters. The number of aliphatic carboxylic acids is 1. The first-order valence-electron chi connectivity index (χ1n) is 7.55. The Bertz CT molecular complexity index is 831. The molecule has 0 fully saturated rings. The van der Waals surface area contributed by atoms with Gasteiger partial charge in [-0.1, -0.05) is 35.9 Å². The minimum atomic E-state index is -1.20. The third-order valence-electron chi connectivity index (χ3n) is 3.32. The SMILES string of the molecule is Cc1ccc(/C=C/C(=O)c2ccc(NC(=O)/C=C\C(=O)O)cc2)cc1. The van der Waals surface area contributed by atoms with Crippen molar-refractivity contribution in [2.75, 3.05) is 5.32 Å². The van der Waals surface area contributed by atoms with E-state index >= 15 is 0 Å². The molecule has 1 amide bonds. The van der Waals surface area contributed by atoms with Crippen molar-refractivity contribution < 1.29 is 19.5 Å². The van der Waals surface area contributed by atoms with Gasteiger partial charge < -0.3 is 10.4 Å².